The molecule has 0 aromatic heterocycles. The van der Waals surface area contributed by atoms with Crippen LogP contribution in [0, 0.1) is 29.6 Å². The lowest BCUT2D eigenvalue weighted by Crippen LogP contribution is -2.45. The zero-order valence-corrected chi connectivity index (χ0v) is 12.2. The van der Waals surface area contributed by atoms with Gasteiger partial charge in [-0.05, 0) is 79.2 Å². The summed E-state index contributed by atoms with van der Waals surface area (Å²) < 4.78 is 0. The van der Waals surface area contributed by atoms with Gasteiger partial charge in [-0.25, -0.2) is 0 Å². The molecule has 1 aromatic carbocycles. The van der Waals surface area contributed by atoms with Crippen molar-refractivity contribution in [2.75, 3.05) is 0 Å². The van der Waals surface area contributed by atoms with Crippen LogP contribution in [0.15, 0.2) is 24.3 Å². The largest absolute Gasteiger partial charge is 0.306 e. The summed E-state index contributed by atoms with van der Waals surface area (Å²) in [6.45, 7) is 1.09. The molecule has 1 nitrogen and oxygen atoms in total. The molecule has 4 saturated carbocycles. The predicted octanol–water partition coefficient (Wildman–Crippen LogP) is 4.29. The van der Waals surface area contributed by atoms with E-state index in [1.165, 1.54) is 6.42 Å². The Morgan fingerprint density at radius 3 is 2.35 bits per heavy atom. The van der Waals surface area contributed by atoms with Gasteiger partial charge in [-0.2, -0.15) is 0 Å². The van der Waals surface area contributed by atoms with E-state index in [9.17, 15) is 0 Å². The highest BCUT2D eigenvalue weighted by Crippen LogP contribution is 2.58. The quantitative estimate of drug-likeness (QED) is 0.842. The minimum absolute atomic E-state index is 0.647. The zero-order valence-electron chi connectivity index (χ0n) is 12.2. The van der Waals surface area contributed by atoms with Gasteiger partial charge in [0.2, 0.25) is 0 Å². The Morgan fingerprint density at radius 1 is 0.900 bits per heavy atom. The topological polar surface area (TPSA) is 12.0 Å². The van der Waals surface area contributed by atoms with E-state index in [0.717, 1.165) is 36.1 Å². The van der Waals surface area contributed by atoms with Gasteiger partial charge in [0.15, 0.2) is 0 Å². The second kappa shape index (κ2) is 4.34. The molecule has 6 rings (SSSR count). The van der Waals surface area contributed by atoms with Gasteiger partial charge >= 0.3 is 0 Å². The van der Waals surface area contributed by atoms with Gasteiger partial charge in [0.1, 0.15) is 0 Å². The third-order valence-corrected chi connectivity index (χ3v) is 6.90. The fraction of sp³-hybridized carbons (Fsp3) is 0.684. The maximum atomic E-state index is 3.78. The van der Waals surface area contributed by atoms with Gasteiger partial charge in [-0.3, -0.25) is 0 Å². The molecule has 1 heteroatoms. The van der Waals surface area contributed by atoms with Gasteiger partial charge in [0, 0.05) is 12.6 Å². The molecule has 1 aromatic rings. The van der Waals surface area contributed by atoms with Crippen LogP contribution in [0.1, 0.15) is 55.7 Å². The highest BCUT2D eigenvalue weighted by Gasteiger charge is 2.48. The lowest BCUT2D eigenvalue weighted by molar-refractivity contribution is -0.0430. The highest BCUT2D eigenvalue weighted by molar-refractivity contribution is 5.33. The van der Waals surface area contributed by atoms with Gasteiger partial charge in [-0.15, -0.1) is 0 Å². The third-order valence-electron chi connectivity index (χ3n) is 6.90. The molecule has 20 heavy (non-hydrogen) atoms. The molecule has 1 heterocycles. The molecule has 106 valence electrons. The first-order valence-corrected chi connectivity index (χ1v) is 8.68. The van der Waals surface area contributed by atoms with Gasteiger partial charge in [0.05, 0.1) is 0 Å². The van der Waals surface area contributed by atoms with E-state index in [0.29, 0.717) is 6.04 Å². The van der Waals surface area contributed by atoms with Crippen LogP contribution in [-0.4, -0.2) is 0 Å². The first-order chi connectivity index (χ1) is 9.87. The molecule has 1 unspecified atom stereocenters. The Labute approximate surface area is 122 Å². The van der Waals surface area contributed by atoms with Crippen LogP contribution in [0.4, 0.5) is 0 Å². The molecule has 5 aliphatic rings. The molecule has 0 saturated heterocycles. The summed E-state index contributed by atoms with van der Waals surface area (Å²) in [4.78, 5) is 0. The maximum Gasteiger partial charge on any atom is 0.0329 e. The van der Waals surface area contributed by atoms with Crippen molar-refractivity contribution in [3.8, 4) is 0 Å². The second-order valence-electron chi connectivity index (χ2n) is 7.96. The normalized spacial score (nSPS) is 44.8. The van der Waals surface area contributed by atoms with Crippen LogP contribution in [-0.2, 0) is 6.54 Å². The molecular weight excluding hydrogens is 242 g/mol. The van der Waals surface area contributed by atoms with Crippen molar-refractivity contribution in [3.63, 3.8) is 0 Å². The molecule has 0 amide bonds. The monoisotopic (exact) mass is 267 g/mol. The Hall–Kier alpha value is -0.820. The summed E-state index contributed by atoms with van der Waals surface area (Å²) >= 11 is 0. The number of benzene rings is 1. The van der Waals surface area contributed by atoms with Crippen molar-refractivity contribution >= 4 is 0 Å². The van der Waals surface area contributed by atoms with E-state index in [1.54, 1.807) is 43.2 Å². The molecule has 1 atom stereocenters. The number of fused-ring (bicyclic) bond motifs is 1. The van der Waals surface area contributed by atoms with Crippen molar-refractivity contribution in [1.82, 2.24) is 5.32 Å². The van der Waals surface area contributed by atoms with Crippen molar-refractivity contribution in [2.45, 2.75) is 51.1 Å². The number of hydrogen-bond donors (Lipinski definition) is 1. The summed E-state index contributed by atoms with van der Waals surface area (Å²) in [5, 5.41) is 3.78. The molecular formula is C19H25N. The predicted molar refractivity (Wildman–Crippen MR) is 81.2 cm³/mol. The molecule has 4 aliphatic carbocycles. The first kappa shape index (κ1) is 11.8. The van der Waals surface area contributed by atoms with E-state index in [-0.39, 0.29) is 0 Å². The highest BCUT2D eigenvalue weighted by atomic mass is 14.9. The van der Waals surface area contributed by atoms with Gasteiger partial charge in [-0.1, -0.05) is 24.3 Å². The van der Waals surface area contributed by atoms with Crippen LogP contribution in [0.25, 0.3) is 0 Å². The summed E-state index contributed by atoms with van der Waals surface area (Å²) in [6.07, 6.45) is 9.23. The van der Waals surface area contributed by atoms with E-state index >= 15 is 0 Å². The zero-order chi connectivity index (χ0) is 13.1. The molecule has 0 spiro atoms. The summed E-state index contributed by atoms with van der Waals surface area (Å²) in [5.74, 6) is 5.38. The standard InChI is InChI=1S/C19H25N/c1-2-4-17-14(3-1)11-20-19(17)10-18-15-6-12-5-13(8-15)9-16(18)7-12/h1-4,12-13,15-16,18-20H,5-11H2. The summed E-state index contributed by atoms with van der Waals surface area (Å²) in [5.41, 5.74) is 3.14. The Bertz CT molecular complexity index is 492. The van der Waals surface area contributed by atoms with E-state index in [4.69, 9.17) is 0 Å². The third kappa shape index (κ3) is 1.72. The summed E-state index contributed by atoms with van der Waals surface area (Å²) in [6, 6.07) is 9.71. The molecule has 0 radical (unpaired) electrons. The van der Waals surface area contributed by atoms with Crippen molar-refractivity contribution < 1.29 is 0 Å². The number of hydrogen-bond acceptors (Lipinski definition) is 1. The summed E-state index contributed by atoms with van der Waals surface area (Å²) in [7, 11) is 0. The van der Waals surface area contributed by atoms with Crippen LogP contribution in [0.5, 0.6) is 0 Å². The van der Waals surface area contributed by atoms with E-state index < -0.39 is 0 Å². The van der Waals surface area contributed by atoms with Crippen LogP contribution in [0.3, 0.4) is 0 Å². The van der Waals surface area contributed by atoms with Gasteiger partial charge in [0.25, 0.3) is 0 Å². The average Bonchev–Trinajstić information content (AvgIpc) is 2.85. The number of nitrogens with one attached hydrogen (secondary N) is 1. The molecule has 1 N–H and O–H groups in total. The number of rotatable bonds is 2. The second-order valence-corrected chi connectivity index (χ2v) is 7.96. The van der Waals surface area contributed by atoms with E-state index in [1.807, 2.05) is 0 Å². The minimum atomic E-state index is 0.647. The molecule has 4 fully saturated rings. The Morgan fingerprint density at radius 2 is 1.60 bits per heavy atom. The Balaban J connectivity index is 1.38. The minimum Gasteiger partial charge on any atom is -0.306 e. The van der Waals surface area contributed by atoms with E-state index in [2.05, 4.69) is 29.6 Å². The van der Waals surface area contributed by atoms with Crippen LogP contribution in [0.2, 0.25) is 0 Å². The Kier molecular flexibility index (Phi) is 2.56. The molecule has 1 aliphatic heterocycles. The van der Waals surface area contributed by atoms with Crippen LogP contribution < -0.4 is 5.32 Å². The van der Waals surface area contributed by atoms with Crippen molar-refractivity contribution in [3.05, 3.63) is 35.4 Å². The SMILES string of the molecule is c1ccc2c(c1)CNC2CC1C2CC3CC(C2)CC1C3. The van der Waals surface area contributed by atoms with Crippen LogP contribution >= 0.6 is 0 Å². The fourth-order valence-corrected chi connectivity index (χ4v) is 6.28. The fourth-order valence-electron chi connectivity index (χ4n) is 6.28. The van der Waals surface area contributed by atoms with Crippen molar-refractivity contribution in [2.24, 2.45) is 29.6 Å². The lowest BCUT2D eigenvalue weighted by atomic mass is 9.51. The molecule has 4 bridgehead atoms. The smallest absolute Gasteiger partial charge is 0.0329 e. The van der Waals surface area contributed by atoms with Gasteiger partial charge < -0.3 is 5.32 Å². The lowest BCUT2D eigenvalue weighted by Gasteiger charge is -2.55. The average molecular weight is 267 g/mol. The van der Waals surface area contributed by atoms with Crippen molar-refractivity contribution in [1.29, 1.82) is 0 Å². The maximum absolute atomic E-state index is 3.78. The first-order valence-electron chi connectivity index (χ1n) is 8.68.